The monoisotopic (exact) mass is 320 g/mol. The minimum absolute atomic E-state index is 0.0663. The number of ether oxygens (including phenoxy) is 1. The average molecular weight is 320 g/mol. The summed E-state index contributed by atoms with van der Waals surface area (Å²) in [5.74, 6) is 0.00961. The second kappa shape index (κ2) is 5.98. The lowest BCUT2D eigenvalue weighted by Gasteiger charge is -2.48. The zero-order valence-electron chi connectivity index (χ0n) is 13.9. The summed E-state index contributed by atoms with van der Waals surface area (Å²) < 4.78 is 10.3. The normalized spacial score (nSPS) is 27.6. The van der Waals surface area contributed by atoms with E-state index in [1.807, 2.05) is 25.7 Å². The summed E-state index contributed by atoms with van der Waals surface area (Å²) in [4.78, 5) is 27.0. The molecule has 1 amide bonds. The highest BCUT2D eigenvalue weighted by Crippen LogP contribution is 2.39. The lowest BCUT2D eigenvalue weighted by atomic mass is 9.76. The summed E-state index contributed by atoms with van der Waals surface area (Å²) in [6.07, 6.45) is 6.98. The number of Topliss-reactive ketones (excluding diaryl/α,β-unsaturated/α-hetero) is 1. The summed E-state index contributed by atoms with van der Waals surface area (Å²) >= 11 is 0. The lowest BCUT2D eigenvalue weighted by molar-refractivity contribution is -0.0260. The largest absolute Gasteiger partial charge is 0.444 e. The molecule has 0 spiro atoms. The highest BCUT2D eigenvalue weighted by molar-refractivity contribution is 5.97. The van der Waals surface area contributed by atoms with Gasteiger partial charge in [0.25, 0.3) is 0 Å². The first kappa shape index (κ1) is 16.0. The van der Waals surface area contributed by atoms with Gasteiger partial charge >= 0.3 is 6.09 Å². The number of amides is 1. The van der Waals surface area contributed by atoms with Crippen LogP contribution in [0.15, 0.2) is 17.0 Å². The quantitative estimate of drug-likeness (QED) is 0.781. The smallest absolute Gasteiger partial charge is 0.410 e. The molecule has 0 aliphatic carbocycles. The average Bonchev–Trinajstić information content (AvgIpc) is 2.97. The van der Waals surface area contributed by atoms with Crippen molar-refractivity contribution >= 4 is 11.9 Å². The maximum Gasteiger partial charge on any atom is 0.410 e. The topological polar surface area (TPSA) is 72.6 Å². The van der Waals surface area contributed by atoms with Gasteiger partial charge in [0.15, 0.2) is 5.78 Å². The van der Waals surface area contributed by atoms with Crippen LogP contribution in [-0.4, -0.2) is 39.6 Å². The van der Waals surface area contributed by atoms with Gasteiger partial charge in [-0.15, -0.1) is 0 Å². The van der Waals surface area contributed by atoms with Gasteiger partial charge < -0.3 is 14.2 Å². The minimum atomic E-state index is -0.499. The second-order valence-corrected chi connectivity index (χ2v) is 7.57. The molecule has 2 saturated heterocycles. The molecule has 0 N–H and O–H groups in total. The van der Waals surface area contributed by atoms with Gasteiger partial charge in [-0.1, -0.05) is 5.16 Å². The summed E-state index contributed by atoms with van der Waals surface area (Å²) in [6.45, 7) is 5.63. The highest BCUT2D eigenvalue weighted by Gasteiger charge is 2.44. The number of rotatable bonds is 2. The number of aromatic nitrogens is 1. The number of carbonyl (C=O) groups excluding carboxylic acids is 2. The van der Waals surface area contributed by atoms with Crippen LogP contribution in [-0.2, 0) is 4.74 Å². The fourth-order valence-corrected chi connectivity index (χ4v) is 3.77. The van der Waals surface area contributed by atoms with Crippen LogP contribution in [0, 0.1) is 5.92 Å². The Bertz CT molecular complexity index is 562. The van der Waals surface area contributed by atoms with Crippen molar-refractivity contribution in [3.8, 4) is 0 Å². The second-order valence-electron chi connectivity index (χ2n) is 7.57. The van der Waals surface area contributed by atoms with Crippen LogP contribution in [0.4, 0.5) is 4.79 Å². The van der Waals surface area contributed by atoms with E-state index in [1.165, 1.54) is 12.5 Å². The number of hydrogen-bond donors (Lipinski definition) is 0. The first-order chi connectivity index (χ1) is 10.8. The van der Waals surface area contributed by atoms with E-state index in [0.29, 0.717) is 18.4 Å². The third kappa shape index (κ3) is 3.41. The Balaban J connectivity index is 1.73. The lowest BCUT2D eigenvalue weighted by Crippen LogP contribution is -2.56. The van der Waals surface area contributed by atoms with Crippen molar-refractivity contribution in [3.63, 3.8) is 0 Å². The van der Waals surface area contributed by atoms with Gasteiger partial charge in [0.1, 0.15) is 11.9 Å². The Hall–Kier alpha value is -1.85. The zero-order chi connectivity index (χ0) is 16.6. The minimum Gasteiger partial charge on any atom is -0.444 e. The molecule has 0 radical (unpaired) electrons. The van der Waals surface area contributed by atoms with Crippen LogP contribution >= 0.6 is 0 Å². The Morgan fingerprint density at radius 1 is 1.26 bits per heavy atom. The van der Waals surface area contributed by atoms with Crippen molar-refractivity contribution in [1.29, 1.82) is 0 Å². The molecule has 2 bridgehead atoms. The fourth-order valence-electron chi connectivity index (χ4n) is 3.77. The first-order valence-corrected chi connectivity index (χ1v) is 8.30. The number of carbonyl (C=O) groups is 2. The van der Waals surface area contributed by atoms with Crippen molar-refractivity contribution < 1.29 is 18.8 Å². The highest BCUT2D eigenvalue weighted by atomic mass is 16.6. The molecule has 3 heterocycles. The molecule has 6 heteroatoms. The van der Waals surface area contributed by atoms with Crippen molar-refractivity contribution in [1.82, 2.24) is 10.1 Å². The van der Waals surface area contributed by atoms with Crippen molar-refractivity contribution in [3.05, 3.63) is 18.0 Å². The molecular weight excluding hydrogens is 296 g/mol. The van der Waals surface area contributed by atoms with Crippen molar-refractivity contribution in [2.24, 2.45) is 5.92 Å². The van der Waals surface area contributed by atoms with Gasteiger partial charge in [0.05, 0.1) is 11.8 Å². The molecule has 2 aliphatic heterocycles. The summed E-state index contributed by atoms with van der Waals surface area (Å²) in [5.41, 5.74) is 0.0272. The van der Waals surface area contributed by atoms with E-state index < -0.39 is 5.60 Å². The number of piperidine rings is 2. The first-order valence-electron chi connectivity index (χ1n) is 8.30. The zero-order valence-corrected chi connectivity index (χ0v) is 13.9. The van der Waals surface area contributed by atoms with Crippen LogP contribution in [0.25, 0.3) is 0 Å². The molecule has 1 aromatic rings. The van der Waals surface area contributed by atoms with Gasteiger partial charge in [0.2, 0.25) is 0 Å². The Morgan fingerprint density at radius 2 is 1.91 bits per heavy atom. The van der Waals surface area contributed by atoms with E-state index in [1.54, 1.807) is 0 Å². The predicted octanol–water partition coefficient (Wildman–Crippen LogP) is 3.43. The number of fused-ring (bicyclic) bond motifs is 2. The molecule has 2 fully saturated rings. The maximum atomic E-state index is 12.6. The SMILES string of the molecule is CC(C)(C)OC(=O)N1C2CCCC1CC(C(=O)c1cnoc1)C2. The molecule has 3 rings (SSSR count). The van der Waals surface area contributed by atoms with E-state index >= 15 is 0 Å². The maximum absolute atomic E-state index is 12.6. The molecule has 2 atom stereocenters. The van der Waals surface area contributed by atoms with Crippen LogP contribution in [0.1, 0.15) is 63.2 Å². The molecule has 0 aromatic carbocycles. The van der Waals surface area contributed by atoms with Crippen LogP contribution < -0.4 is 0 Å². The summed E-state index contributed by atoms with van der Waals surface area (Å²) in [6, 6.07) is 0.178. The van der Waals surface area contributed by atoms with Crippen LogP contribution in [0.3, 0.4) is 0 Å². The van der Waals surface area contributed by atoms with E-state index in [2.05, 4.69) is 5.16 Å². The third-order valence-electron chi connectivity index (χ3n) is 4.67. The van der Waals surface area contributed by atoms with E-state index in [4.69, 9.17) is 9.26 Å². The Kier molecular flexibility index (Phi) is 4.17. The van der Waals surface area contributed by atoms with Crippen molar-refractivity contribution in [2.75, 3.05) is 0 Å². The molecule has 0 saturated carbocycles. The Labute approximate surface area is 136 Å². The molecule has 1 aromatic heterocycles. The van der Waals surface area contributed by atoms with Crippen LogP contribution in [0.2, 0.25) is 0 Å². The molecule has 2 unspecified atom stereocenters. The van der Waals surface area contributed by atoms with Gasteiger partial charge in [-0.25, -0.2) is 4.79 Å². The van der Waals surface area contributed by atoms with E-state index in [9.17, 15) is 9.59 Å². The standard InChI is InChI=1S/C17H24N2O4/c1-17(2,3)23-16(21)19-13-5-4-6-14(19)8-11(7-13)15(20)12-9-18-22-10-12/h9-11,13-14H,4-8H2,1-3H3. The fraction of sp³-hybridized carbons (Fsp3) is 0.706. The predicted molar refractivity (Wildman–Crippen MR) is 83.1 cm³/mol. The van der Waals surface area contributed by atoms with E-state index in [-0.39, 0.29) is 29.9 Å². The third-order valence-corrected chi connectivity index (χ3v) is 4.67. The number of hydrogen-bond acceptors (Lipinski definition) is 5. The molecular formula is C17H24N2O4. The number of nitrogens with zero attached hydrogens (tertiary/aromatic N) is 2. The molecule has 6 nitrogen and oxygen atoms in total. The van der Waals surface area contributed by atoms with Gasteiger partial charge in [-0.2, -0.15) is 0 Å². The molecule has 2 aliphatic rings. The van der Waals surface area contributed by atoms with Gasteiger partial charge in [-0.3, -0.25) is 4.79 Å². The van der Waals surface area contributed by atoms with E-state index in [0.717, 1.165) is 19.3 Å². The molecule has 23 heavy (non-hydrogen) atoms. The van der Waals surface area contributed by atoms with Crippen LogP contribution in [0.5, 0.6) is 0 Å². The molecule has 126 valence electrons. The van der Waals surface area contributed by atoms with Crippen molar-refractivity contribution in [2.45, 2.75) is 70.6 Å². The van der Waals surface area contributed by atoms with Gasteiger partial charge in [-0.05, 0) is 52.9 Å². The number of ketones is 1. The summed E-state index contributed by atoms with van der Waals surface area (Å²) in [7, 11) is 0. The summed E-state index contributed by atoms with van der Waals surface area (Å²) in [5, 5.41) is 3.61. The van der Waals surface area contributed by atoms with Gasteiger partial charge in [0, 0.05) is 18.0 Å². The Morgan fingerprint density at radius 3 is 2.43 bits per heavy atom.